The number of allylic oxidation sites excluding steroid dienone is 2. The fourth-order valence-electron chi connectivity index (χ4n) is 5.11. The van der Waals surface area contributed by atoms with Crippen LogP contribution in [0.2, 0.25) is 0 Å². The molecule has 4 atom stereocenters. The van der Waals surface area contributed by atoms with Crippen molar-refractivity contribution < 1.29 is 14.4 Å². The number of fused-ring (bicyclic) bond motifs is 6. The van der Waals surface area contributed by atoms with Crippen LogP contribution in [0.25, 0.3) is 10.9 Å². The molecule has 6 nitrogen and oxygen atoms in total. The summed E-state index contributed by atoms with van der Waals surface area (Å²) in [6.07, 6.45) is 8.67. The molecule has 1 aromatic heterocycles. The van der Waals surface area contributed by atoms with Crippen molar-refractivity contribution in [2.24, 2.45) is 29.4 Å². The monoisotopic (exact) mass is 393 g/mol. The Hall–Kier alpha value is -2.67. The summed E-state index contributed by atoms with van der Waals surface area (Å²) in [7, 11) is 0. The van der Waals surface area contributed by atoms with Gasteiger partial charge in [0.05, 0.1) is 29.5 Å². The van der Waals surface area contributed by atoms with Crippen molar-refractivity contribution in [2.45, 2.75) is 17.7 Å². The molecule has 7 heteroatoms. The molecule has 1 saturated heterocycles. The van der Waals surface area contributed by atoms with Gasteiger partial charge in [-0.2, -0.15) is 0 Å². The Morgan fingerprint density at radius 3 is 2.54 bits per heavy atom. The largest absolute Gasteiger partial charge is 0.369 e. The first-order valence-electron chi connectivity index (χ1n) is 9.30. The first-order chi connectivity index (χ1) is 13.5. The summed E-state index contributed by atoms with van der Waals surface area (Å²) in [6.45, 7) is 0. The van der Waals surface area contributed by atoms with E-state index in [9.17, 15) is 14.4 Å². The van der Waals surface area contributed by atoms with E-state index < -0.39 is 5.91 Å². The molecular weight excluding hydrogens is 374 g/mol. The van der Waals surface area contributed by atoms with Crippen LogP contribution in [0.1, 0.15) is 12.0 Å². The Morgan fingerprint density at radius 1 is 1.25 bits per heavy atom. The third kappa shape index (κ3) is 2.29. The van der Waals surface area contributed by atoms with E-state index in [4.69, 9.17) is 5.73 Å². The number of primary amides is 1. The fraction of sp³-hybridized carbons (Fsp3) is 0.333. The fourth-order valence-corrected chi connectivity index (χ4v) is 5.77. The Labute approximate surface area is 166 Å². The average Bonchev–Trinajstić information content (AvgIpc) is 3.36. The first-order valence-corrected chi connectivity index (χ1v) is 10.5. The van der Waals surface area contributed by atoms with Crippen LogP contribution in [0.3, 0.4) is 0 Å². The molecular formula is C21H19N3O3S. The smallest absolute Gasteiger partial charge is 0.238 e. The molecule has 2 heterocycles. The number of aromatic nitrogens is 1. The van der Waals surface area contributed by atoms with Crippen LogP contribution in [0.15, 0.2) is 41.4 Å². The zero-order valence-corrected chi connectivity index (χ0v) is 16.1. The molecule has 0 spiro atoms. The number of pyridine rings is 1. The number of anilines is 1. The van der Waals surface area contributed by atoms with Gasteiger partial charge < -0.3 is 5.73 Å². The van der Waals surface area contributed by atoms with Gasteiger partial charge in [0.25, 0.3) is 0 Å². The summed E-state index contributed by atoms with van der Waals surface area (Å²) in [6, 6.07) is 5.46. The Balaban J connectivity index is 1.70. The maximum absolute atomic E-state index is 13.3. The maximum atomic E-state index is 13.3. The van der Waals surface area contributed by atoms with Crippen molar-refractivity contribution in [3.63, 3.8) is 0 Å². The van der Waals surface area contributed by atoms with Crippen LogP contribution >= 0.6 is 11.8 Å². The van der Waals surface area contributed by atoms with E-state index in [0.29, 0.717) is 22.2 Å². The third-order valence-electron chi connectivity index (χ3n) is 6.18. The normalized spacial score (nSPS) is 27.8. The molecule has 0 radical (unpaired) electrons. The molecule has 2 aromatic rings. The summed E-state index contributed by atoms with van der Waals surface area (Å²) < 4.78 is 0. The van der Waals surface area contributed by atoms with E-state index in [0.717, 1.165) is 11.3 Å². The highest BCUT2D eigenvalue weighted by Crippen LogP contribution is 2.54. The highest BCUT2D eigenvalue weighted by molar-refractivity contribution is 7.98. The number of nitrogens with zero attached hydrogens (tertiary/aromatic N) is 2. The van der Waals surface area contributed by atoms with Crippen LogP contribution in [0.4, 0.5) is 5.69 Å². The lowest BCUT2D eigenvalue weighted by atomic mass is 9.85. The van der Waals surface area contributed by atoms with E-state index in [-0.39, 0.29) is 41.9 Å². The van der Waals surface area contributed by atoms with Gasteiger partial charge in [-0.05, 0) is 48.3 Å². The molecule has 5 rings (SSSR count). The molecule has 1 aliphatic heterocycles. The molecule has 4 unspecified atom stereocenters. The summed E-state index contributed by atoms with van der Waals surface area (Å²) in [5.41, 5.74) is 7.31. The Bertz CT molecular complexity index is 1050. The number of hydrogen-bond donors (Lipinski definition) is 1. The molecule has 2 fully saturated rings. The molecule has 142 valence electrons. The van der Waals surface area contributed by atoms with Gasteiger partial charge in [0, 0.05) is 16.5 Å². The van der Waals surface area contributed by atoms with Crippen LogP contribution in [-0.4, -0.2) is 29.0 Å². The van der Waals surface area contributed by atoms with E-state index in [1.807, 2.05) is 18.4 Å². The van der Waals surface area contributed by atoms with Gasteiger partial charge in [-0.1, -0.05) is 12.2 Å². The molecule has 3 aliphatic rings. The number of hydrogen-bond acceptors (Lipinski definition) is 5. The van der Waals surface area contributed by atoms with E-state index in [2.05, 4.69) is 17.1 Å². The Morgan fingerprint density at radius 2 is 1.93 bits per heavy atom. The molecule has 2 aliphatic carbocycles. The van der Waals surface area contributed by atoms with Crippen molar-refractivity contribution in [3.8, 4) is 0 Å². The van der Waals surface area contributed by atoms with Crippen molar-refractivity contribution in [1.29, 1.82) is 0 Å². The lowest BCUT2D eigenvalue weighted by Gasteiger charge is -2.23. The number of nitrogens with two attached hydrogens (primary N) is 1. The molecule has 2 bridgehead atoms. The highest BCUT2D eigenvalue weighted by atomic mass is 32.2. The minimum absolute atomic E-state index is 0.0581. The Kier molecular flexibility index (Phi) is 3.84. The van der Waals surface area contributed by atoms with Crippen molar-refractivity contribution >= 4 is 46.1 Å². The second kappa shape index (κ2) is 6.17. The first kappa shape index (κ1) is 17.4. The highest BCUT2D eigenvalue weighted by Gasteiger charge is 2.60. The number of rotatable bonds is 4. The van der Waals surface area contributed by atoms with Gasteiger partial charge in [-0.3, -0.25) is 19.4 Å². The van der Waals surface area contributed by atoms with Crippen LogP contribution < -0.4 is 10.6 Å². The van der Waals surface area contributed by atoms with Gasteiger partial charge in [0.15, 0.2) is 0 Å². The lowest BCUT2D eigenvalue weighted by molar-refractivity contribution is -0.123. The lowest BCUT2D eigenvalue weighted by Crippen LogP contribution is -2.33. The zero-order chi connectivity index (χ0) is 19.6. The van der Waals surface area contributed by atoms with Crippen molar-refractivity contribution in [2.75, 3.05) is 11.2 Å². The third-order valence-corrected chi connectivity index (χ3v) is 6.94. The molecule has 1 saturated carbocycles. The number of imide groups is 1. The van der Waals surface area contributed by atoms with E-state index >= 15 is 0 Å². The SMILES string of the molecule is CSc1cc(CC(N)=O)c2ncccc2c1N1C(=O)C2C3C=CC(C3)C2C1=O. The van der Waals surface area contributed by atoms with Crippen LogP contribution in [0.5, 0.6) is 0 Å². The minimum atomic E-state index is -0.447. The topological polar surface area (TPSA) is 93.4 Å². The van der Waals surface area contributed by atoms with E-state index in [1.54, 1.807) is 12.3 Å². The molecule has 1 aromatic carbocycles. The van der Waals surface area contributed by atoms with Gasteiger partial charge in [-0.15, -0.1) is 11.8 Å². The molecule has 3 amide bonds. The second-order valence-corrected chi connectivity index (χ2v) is 8.49. The quantitative estimate of drug-likeness (QED) is 0.489. The van der Waals surface area contributed by atoms with Crippen LogP contribution in [0, 0.1) is 23.7 Å². The molecule has 28 heavy (non-hydrogen) atoms. The number of carbonyl (C=O) groups is 3. The zero-order valence-electron chi connectivity index (χ0n) is 15.3. The maximum Gasteiger partial charge on any atom is 0.238 e. The summed E-state index contributed by atoms with van der Waals surface area (Å²) in [5, 5.41) is 0.701. The summed E-state index contributed by atoms with van der Waals surface area (Å²) in [4.78, 5) is 44.8. The summed E-state index contributed by atoms with van der Waals surface area (Å²) in [5.74, 6) is -0.869. The second-order valence-electron chi connectivity index (χ2n) is 7.64. The van der Waals surface area contributed by atoms with Crippen molar-refractivity contribution in [3.05, 3.63) is 42.1 Å². The number of thioether (sulfide) groups is 1. The predicted molar refractivity (Wildman–Crippen MR) is 107 cm³/mol. The van der Waals surface area contributed by atoms with Gasteiger partial charge in [0.2, 0.25) is 17.7 Å². The average molecular weight is 393 g/mol. The van der Waals surface area contributed by atoms with Crippen LogP contribution in [-0.2, 0) is 20.8 Å². The number of carbonyl (C=O) groups excluding carboxylic acids is 3. The molecule has 2 N–H and O–H groups in total. The van der Waals surface area contributed by atoms with E-state index in [1.165, 1.54) is 16.7 Å². The summed E-state index contributed by atoms with van der Waals surface area (Å²) >= 11 is 1.45. The number of benzene rings is 1. The van der Waals surface area contributed by atoms with Gasteiger partial charge in [-0.25, -0.2) is 4.90 Å². The van der Waals surface area contributed by atoms with Gasteiger partial charge in [0.1, 0.15) is 0 Å². The standard InChI is InChI=1S/C21H19N3O3S/c1-28-14-8-12(9-15(22)25)18-13(3-2-6-23-18)19(14)24-20(26)16-10-4-5-11(7-10)17(16)21(24)27/h2-6,8,10-11,16-17H,7,9H2,1H3,(H2,22,25). The minimum Gasteiger partial charge on any atom is -0.369 e. The predicted octanol–water partition coefficient (Wildman–Crippen LogP) is 2.30. The van der Waals surface area contributed by atoms with Gasteiger partial charge >= 0.3 is 0 Å². The van der Waals surface area contributed by atoms with Crippen molar-refractivity contribution in [1.82, 2.24) is 4.98 Å². The number of amides is 3.